The van der Waals surface area contributed by atoms with Gasteiger partial charge in [-0.15, -0.1) is 0 Å². The maximum Gasteiger partial charge on any atom is 0.236 e. The molecule has 1 aliphatic heterocycles. The number of likely N-dealkylation sites (N-methyl/N-ethyl adjacent to an activating group) is 1. The van der Waals surface area contributed by atoms with E-state index in [2.05, 4.69) is 0 Å². The van der Waals surface area contributed by atoms with Crippen molar-refractivity contribution in [3.8, 4) is 0 Å². The van der Waals surface area contributed by atoms with Crippen molar-refractivity contribution < 1.29 is 9.18 Å². The Labute approximate surface area is 107 Å². The normalized spacial score (nSPS) is 15.4. The van der Waals surface area contributed by atoms with Gasteiger partial charge in [-0.1, -0.05) is 12.1 Å². The Balaban J connectivity index is 1.82. The molecule has 0 radical (unpaired) electrons. The van der Waals surface area contributed by atoms with Crippen LogP contribution in [0.1, 0.15) is 18.4 Å². The number of halogens is 1. The molecular weight excluding hydrogens is 231 g/mol. The van der Waals surface area contributed by atoms with Gasteiger partial charge in [-0.3, -0.25) is 9.69 Å². The topological polar surface area (TPSA) is 23.6 Å². The maximum atomic E-state index is 12.8. The minimum atomic E-state index is -0.227. The third kappa shape index (κ3) is 3.53. The largest absolute Gasteiger partial charge is 0.342 e. The molecule has 18 heavy (non-hydrogen) atoms. The molecule has 1 fully saturated rings. The quantitative estimate of drug-likeness (QED) is 0.814. The second-order valence-corrected chi connectivity index (χ2v) is 4.89. The number of carbonyl (C=O) groups excluding carboxylic acids is 1. The van der Waals surface area contributed by atoms with Crippen LogP contribution in [0.5, 0.6) is 0 Å². The molecule has 3 nitrogen and oxygen atoms in total. The number of hydrogen-bond donors (Lipinski definition) is 0. The minimum Gasteiger partial charge on any atom is -0.342 e. The fraction of sp³-hybridized carbons (Fsp3) is 0.500. The van der Waals surface area contributed by atoms with E-state index in [1.165, 1.54) is 12.1 Å². The molecule has 1 heterocycles. The van der Waals surface area contributed by atoms with Gasteiger partial charge in [0, 0.05) is 19.6 Å². The predicted molar refractivity (Wildman–Crippen MR) is 68.5 cm³/mol. The summed E-state index contributed by atoms with van der Waals surface area (Å²) >= 11 is 0. The van der Waals surface area contributed by atoms with Gasteiger partial charge in [0.2, 0.25) is 5.91 Å². The highest BCUT2D eigenvalue weighted by atomic mass is 19.1. The summed E-state index contributed by atoms with van der Waals surface area (Å²) in [6.45, 7) is 2.88. The molecule has 0 bridgehead atoms. The number of nitrogens with zero attached hydrogens (tertiary/aromatic N) is 2. The first-order valence-corrected chi connectivity index (χ1v) is 6.36. The first-order chi connectivity index (χ1) is 8.65. The lowest BCUT2D eigenvalue weighted by molar-refractivity contribution is -0.131. The number of carbonyl (C=O) groups is 1. The zero-order valence-corrected chi connectivity index (χ0v) is 10.7. The third-order valence-electron chi connectivity index (χ3n) is 3.23. The maximum absolute atomic E-state index is 12.8. The number of likely N-dealkylation sites (tertiary alicyclic amines) is 1. The summed E-state index contributed by atoms with van der Waals surface area (Å²) < 4.78 is 12.8. The highest BCUT2D eigenvalue weighted by molar-refractivity contribution is 5.78. The van der Waals surface area contributed by atoms with Crippen molar-refractivity contribution in [1.82, 2.24) is 9.80 Å². The van der Waals surface area contributed by atoms with Gasteiger partial charge in [0.05, 0.1) is 6.54 Å². The molecule has 1 aromatic rings. The Bertz CT molecular complexity index is 399. The summed E-state index contributed by atoms with van der Waals surface area (Å²) in [4.78, 5) is 15.8. The lowest BCUT2D eigenvalue weighted by Crippen LogP contribution is -2.36. The van der Waals surface area contributed by atoms with E-state index in [4.69, 9.17) is 0 Å². The third-order valence-corrected chi connectivity index (χ3v) is 3.23. The van der Waals surface area contributed by atoms with Crippen LogP contribution in [-0.2, 0) is 11.3 Å². The van der Waals surface area contributed by atoms with Gasteiger partial charge < -0.3 is 4.90 Å². The van der Waals surface area contributed by atoms with Crippen molar-refractivity contribution >= 4 is 5.91 Å². The van der Waals surface area contributed by atoms with Gasteiger partial charge in [0.25, 0.3) is 0 Å². The van der Waals surface area contributed by atoms with Crippen LogP contribution in [0.3, 0.4) is 0 Å². The van der Waals surface area contributed by atoms with E-state index >= 15 is 0 Å². The lowest BCUT2D eigenvalue weighted by Gasteiger charge is -2.21. The number of amides is 1. The van der Waals surface area contributed by atoms with Crippen molar-refractivity contribution in [2.24, 2.45) is 0 Å². The average Bonchev–Trinajstić information content (AvgIpc) is 2.85. The van der Waals surface area contributed by atoms with E-state index < -0.39 is 0 Å². The van der Waals surface area contributed by atoms with Gasteiger partial charge in [0.1, 0.15) is 5.82 Å². The molecule has 0 aliphatic carbocycles. The summed E-state index contributed by atoms with van der Waals surface area (Å²) in [6, 6.07) is 6.41. The molecule has 1 amide bonds. The Morgan fingerprint density at radius 2 is 1.89 bits per heavy atom. The standard InChI is InChI=1S/C14H19FN2O/c1-16(10-12-4-6-13(15)7-5-12)11-14(18)17-8-2-3-9-17/h4-7H,2-3,8-11H2,1H3. The zero-order valence-electron chi connectivity index (χ0n) is 10.7. The van der Waals surface area contributed by atoms with Gasteiger partial charge in [-0.25, -0.2) is 4.39 Å². The van der Waals surface area contributed by atoms with Crippen LogP contribution >= 0.6 is 0 Å². The van der Waals surface area contributed by atoms with Crippen molar-refractivity contribution in [2.75, 3.05) is 26.7 Å². The molecule has 4 heteroatoms. The van der Waals surface area contributed by atoms with Crippen LogP contribution < -0.4 is 0 Å². The summed E-state index contributed by atoms with van der Waals surface area (Å²) in [5.41, 5.74) is 1.02. The van der Waals surface area contributed by atoms with Crippen LogP contribution in [-0.4, -0.2) is 42.4 Å². The molecule has 0 N–H and O–H groups in total. The zero-order chi connectivity index (χ0) is 13.0. The van der Waals surface area contributed by atoms with Crippen molar-refractivity contribution in [1.29, 1.82) is 0 Å². The first kappa shape index (κ1) is 13.0. The second-order valence-electron chi connectivity index (χ2n) is 4.89. The molecule has 1 aromatic carbocycles. The van der Waals surface area contributed by atoms with E-state index in [1.807, 2.05) is 16.8 Å². The Morgan fingerprint density at radius 1 is 1.28 bits per heavy atom. The number of benzene rings is 1. The van der Waals surface area contributed by atoms with Crippen LogP contribution in [0.25, 0.3) is 0 Å². The molecule has 1 saturated heterocycles. The summed E-state index contributed by atoms with van der Waals surface area (Å²) in [7, 11) is 1.91. The fourth-order valence-corrected chi connectivity index (χ4v) is 2.25. The lowest BCUT2D eigenvalue weighted by atomic mass is 10.2. The Hall–Kier alpha value is -1.42. The fourth-order valence-electron chi connectivity index (χ4n) is 2.25. The first-order valence-electron chi connectivity index (χ1n) is 6.36. The molecule has 0 aromatic heterocycles. The summed E-state index contributed by atoms with van der Waals surface area (Å²) in [5.74, 6) is -0.0355. The van der Waals surface area contributed by atoms with Crippen molar-refractivity contribution in [2.45, 2.75) is 19.4 Å². The van der Waals surface area contributed by atoms with Gasteiger partial charge >= 0.3 is 0 Å². The Kier molecular flexibility index (Phi) is 4.31. The summed E-state index contributed by atoms with van der Waals surface area (Å²) in [5, 5.41) is 0. The average molecular weight is 250 g/mol. The van der Waals surface area contributed by atoms with E-state index in [0.29, 0.717) is 13.1 Å². The SMILES string of the molecule is CN(CC(=O)N1CCCC1)Cc1ccc(F)cc1. The van der Waals surface area contributed by atoms with E-state index in [0.717, 1.165) is 31.5 Å². The highest BCUT2D eigenvalue weighted by Gasteiger charge is 2.18. The molecule has 0 saturated carbocycles. The van der Waals surface area contributed by atoms with E-state index in [9.17, 15) is 9.18 Å². The summed E-state index contributed by atoms with van der Waals surface area (Å²) in [6.07, 6.45) is 2.24. The van der Waals surface area contributed by atoms with Crippen LogP contribution in [0.4, 0.5) is 4.39 Å². The van der Waals surface area contributed by atoms with Crippen LogP contribution in [0.2, 0.25) is 0 Å². The van der Waals surface area contributed by atoms with E-state index in [-0.39, 0.29) is 11.7 Å². The molecule has 2 rings (SSSR count). The van der Waals surface area contributed by atoms with Gasteiger partial charge in [-0.2, -0.15) is 0 Å². The van der Waals surface area contributed by atoms with Crippen LogP contribution in [0, 0.1) is 5.82 Å². The number of rotatable bonds is 4. The second kappa shape index (κ2) is 5.96. The monoisotopic (exact) mass is 250 g/mol. The highest BCUT2D eigenvalue weighted by Crippen LogP contribution is 2.09. The van der Waals surface area contributed by atoms with Gasteiger partial charge in [0.15, 0.2) is 0 Å². The smallest absolute Gasteiger partial charge is 0.236 e. The molecule has 1 aliphatic rings. The van der Waals surface area contributed by atoms with Gasteiger partial charge in [-0.05, 0) is 37.6 Å². The molecular formula is C14H19FN2O. The molecule has 0 unspecified atom stereocenters. The van der Waals surface area contributed by atoms with Crippen molar-refractivity contribution in [3.63, 3.8) is 0 Å². The van der Waals surface area contributed by atoms with Crippen LogP contribution in [0.15, 0.2) is 24.3 Å². The minimum absolute atomic E-state index is 0.192. The Morgan fingerprint density at radius 3 is 2.50 bits per heavy atom. The van der Waals surface area contributed by atoms with Crippen molar-refractivity contribution in [3.05, 3.63) is 35.6 Å². The van der Waals surface area contributed by atoms with E-state index in [1.54, 1.807) is 12.1 Å². The molecule has 0 atom stereocenters. The molecule has 0 spiro atoms. The number of hydrogen-bond acceptors (Lipinski definition) is 2. The molecule has 98 valence electrons. The predicted octanol–water partition coefficient (Wildman–Crippen LogP) is 1.88.